The highest BCUT2D eigenvalue weighted by molar-refractivity contribution is 5.74. The van der Waals surface area contributed by atoms with E-state index in [0.29, 0.717) is 0 Å². The van der Waals surface area contributed by atoms with Gasteiger partial charge in [-0.25, -0.2) is 0 Å². The average Bonchev–Trinajstić information content (AvgIpc) is 0.767. The highest BCUT2D eigenvalue weighted by Gasteiger charge is 2.61. The molecule has 9 saturated heterocycles. The standard InChI is InChI=1S/C61H102N4O44/c1-14-31(77)39(85)43(89)59(95-14)107-50-30(65-18(5)75)53(92)96-25(11-71)49(50)106-56-29(64-17(4)74)38(84)46(22(8-68)99-56)105-61-52(109-58-42(88)32(78)19(76)12-93-58)51(108-60-45(91)41(87)48(24(10-70)101-60)104-55-28(63-16(3)73)37(83)34(80)21(7-67)98-55)35(81)26(102-61)13-94-57-44(90)40(86)47(23(9-69)100-57)103-54-27(62-15(2)72)36(82)33(79)20(6-66)97-54/h14,19-61,66-71,76-92H,6-13H2,1-5H3,(H,62,72)(H,63,73)(H,64,74)(H,65,75)/t14-,19+,20+,21+,22+,23+,24+,25+,26+,27+,28+,29+,30+,31+,32-,33+,34+,35+,36+,37+,38+,39+,40-,41+,42+,43-,44-,45-,46+,47+,48+,49+,50+,51-,52-,53+,54-,55-,56-,57-,58-,59-,60+,61-/m0/s1. The molecule has 9 heterocycles. The van der Waals surface area contributed by atoms with Gasteiger partial charge in [0.25, 0.3) is 0 Å². The third-order valence-electron chi connectivity index (χ3n) is 19.9. The molecule has 0 aromatic heterocycles. The van der Waals surface area contributed by atoms with Gasteiger partial charge in [0.2, 0.25) is 23.6 Å². The quantitative estimate of drug-likeness (QED) is 0.0363. The Morgan fingerprint density at radius 2 is 0.642 bits per heavy atom. The Morgan fingerprint density at radius 3 is 1.13 bits per heavy atom. The molecule has 48 nitrogen and oxygen atoms in total. The fraction of sp³-hybridized carbons (Fsp3) is 0.934. The molecule has 630 valence electrons. The van der Waals surface area contributed by atoms with Crippen LogP contribution in [-0.4, -0.2) is 464 Å². The molecule has 0 bridgehead atoms. The molecule has 48 heteroatoms. The first kappa shape index (κ1) is 89.2. The van der Waals surface area contributed by atoms with Crippen molar-refractivity contribution in [2.75, 3.05) is 52.9 Å². The molecule has 4 amide bonds. The second kappa shape index (κ2) is 38.8. The van der Waals surface area contributed by atoms with Gasteiger partial charge in [-0.15, -0.1) is 0 Å². The van der Waals surface area contributed by atoms with Crippen LogP contribution in [0.2, 0.25) is 0 Å². The van der Waals surface area contributed by atoms with Crippen molar-refractivity contribution >= 4 is 23.6 Å². The van der Waals surface area contributed by atoms with Crippen LogP contribution < -0.4 is 21.3 Å². The van der Waals surface area contributed by atoms with Gasteiger partial charge in [0.15, 0.2) is 56.6 Å². The summed E-state index contributed by atoms with van der Waals surface area (Å²) in [6.07, 6.45) is -81.4. The summed E-state index contributed by atoms with van der Waals surface area (Å²) in [5.74, 6) is -3.44. The largest absolute Gasteiger partial charge is 0.394 e. The minimum atomic E-state index is -2.47. The highest BCUT2D eigenvalue weighted by Crippen LogP contribution is 2.40. The van der Waals surface area contributed by atoms with Gasteiger partial charge >= 0.3 is 0 Å². The van der Waals surface area contributed by atoms with Gasteiger partial charge in [0.1, 0.15) is 207 Å². The van der Waals surface area contributed by atoms with Crippen LogP contribution in [0.1, 0.15) is 34.6 Å². The lowest BCUT2D eigenvalue weighted by Gasteiger charge is -2.52. The zero-order valence-electron chi connectivity index (χ0n) is 58.9. The van der Waals surface area contributed by atoms with Crippen molar-refractivity contribution in [2.45, 2.75) is 305 Å². The monoisotopic (exact) mass is 1590 g/mol. The summed E-state index contributed by atoms with van der Waals surface area (Å²) in [6, 6.07) is -7.10. The molecule has 0 aromatic rings. The van der Waals surface area contributed by atoms with E-state index in [2.05, 4.69) is 21.3 Å². The predicted molar refractivity (Wildman–Crippen MR) is 336 cm³/mol. The number of carbonyl (C=O) groups is 4. The predicted octanol–water partition coefficient (Wildman–Crippen LogP) is -18.4. The first-order valence-electron chi connectivity index (χ1n) is 34.9. The maximum absolute atomic E-state index is 13.3. The van der Waals surface area contributed by atoms with Crippen LogP contribution in [0, 0.1) is 0 Å². The number of nitrogens with one attached hydrogen (secondary N) is 4. The lowest BCUT2D eigenvalue weighted by atomic mass is 9.93. The Hall–Kier alpha value is -3.72. The minimum Gasteiger partial charge on any atom is -0.394 e. The second-order valence-corrected chi connectivity index (χ2v) is 27.7. The summed E-state index contributed by atoms with van der Waals surface area (Å²) in [4.78, 5) is 50.6. The second-order valence-electron chi connectivity index (χ2n) is 27.7. The molecule has 0 spiro atoms. The van der Waals surface area contributed by atoms with Crippen molar-refractivity contribution in [1.29, 1.82) is 0 Å². The lowest BCUT2D eigenvalue weighted by molar-refractivity contribution is -0.408. The Morgan fingerprint density at radius 1 is 0.294 bits per heavy atom. The van der Waals surface area contributed by atoms with Crippen LogP contribution in [0.5, 0.6) is 0 Å². The Labute approximate surface area is 618 Å². The number of hydrogen-bond donors (Lipinski definition) is 27. The first-order chi connectivity index (χ1) is 51.5. The number of amides is 4. The van der Waals surface area contributed by atoms with E-state index in [1.165, 1.54) is 6.92 Å². The summed E-state index contributed by atoms with van der Waals surface area (Å²) in [5.41, 5.74) is 0. The van der Waals surface area contributed by atoms with Crippen molar-refractivity contribution in [2.24, 2.45) is 0 Å². The molecule has 9 fully saturated rings. The van der Waals surface area contributed by atoms with Gasteiger partial charge in [-0.05, 0) is 6.92 Å². The molecule has 9 aliphatic rings. The average molecular weight is 1600 g/mol. The summed E-state index contributed by atoms with van der Waals surface area (Å²) >= 11 is 0. The van der Waals surface area contributed by atoms with Crippen LogP contribution in [0.4, 0.5) is 0 Å². The number of ether oxygens (including phenoxy) is 17. The molecule has 0 saturated carbocycles. The number of hydrogen-bond acceptors (Lipinski definition) is 44. The molecule has 0 radical (unpaired) electrons. The summed E-state index contributed by atoms with van der Waals surface area (Å²) < 4.78 is 102. The summed E-state index contributed by atoms with van der Waals surface area (Å²) in [5, 5.41) is 266. The van der Waals surface area contributed by atoms with Gasteiger partial charge in [-0.2, -0.15) is 0 Å². The van der Waals surface area contributed by atoms with Crippen molar-refractivity contribution in [3.63, 3.8) is 0 Å². The van der Waals surface area contributed by atoms with Gasteiger partial charge < -0.3 is 219 Å². The van der Waals surface area contributed by atoms with E-state index in [4.69, 9.17) is 80.5 Å². The zero-order chi connectivity index (χ0) is 80.2. The van der Waals surface area contributed by atoms with Crippen molar-refractivity contribution in [1.82, 2.24) is 21.3 Å². The SMILES string of the molecule is CC(=O)N[C@@H]1[C@@H](O[C@@H]2O[C@@H](C)[C@@H](O)[C@@H](O)[C@@H]2O)[C@H](O[C@@H]2O[C@H](CO)[C@@H](O[C@@H]3O[C@H](CO[C@H]4O[C@H](CO)[C@@H](O[C@@H]5O[C@H](CO)[C@@H](O)[C@H](O)[C@H]5NC(C)=O)[C@@H](O)[C@@H]4O)[C@@H](O)[C@H](O[C@H]4O[C@H](CO)[C@@H](O[C@@H]5O[C@H](CO)[C@@H](O)[C@H](O)[C@H]5NC(C)=O)[C@H](O)[C@@H]4O)[C@@H]3O[C@@H]3OC[C@@H](O)[C@H](O)[C@H]3O)[C@H](O)[C@H]2NC(C)=O)[C@@H](CO)O[C@H]1O. The van der Waals surface area contributed by atoms with Crippen LogP contribution in [-0.2, 0) is 99.7 Å². The molecule has 44 atom stereocenters. The van der Waals surface area contributed by atoms with E-state index in [1.54, 1.807) is 0 Å². The van der Waals surface area contributed by atoms with E-state index >= 15 is 0 Å². The van der Waals surface area contributed by atoms with E-state index < -0.39 is 346 Å². The van der Waals surface area contributed by atoms with Gasteiger partial charge in [-0.1, -0.05) is 0 Å². The van der Waals surface area contributed by atoms with Crippen molar-refractivity contribution in [3.8, 4) is 0 Å². The molecule has 9 rings (SSSR count). The smallest absolute Gasteiger partial charge is 0.217 e. The van der Waals surface area contributed by atoms with Crippen LogP contribution in [0.15, 0.2) is 0 Å². The van der Waals surface area contributed by atoms with Crippen LogP contribution in [0.3, 0.4) is 0 Å². The normalized spacial score (nSPS) is 49.2. The number of rotatable bonds is 27. The molecular formula is C61H102N4O44. The van der Waals surface area contributed by atoms with Gasteiger partial charge in [-0.3, -0.25) is 19.2 Å². The lowest BCUT2D eigenvalue weighted by Crippen LogP contribution is -2.71. The fourth-order valence-corrected chi connectivity index (χ4v) is 14.1. The number of aliphatic hydroxyl groups is 23. The van der Waals surface area contributed by atoms with Crippen LogP contribution >= 0.6 is 0 Å². The third-order valence-corrected chi connectivity index (χ3v) is 19.9. The van der Waals surface area contributed by atoms with Gasteiger partial charge in [0.05, 0.1) is 59.0 Å². The molecule has 9 aliphatic heterocycles. The third kappa shape index (κ3) is 19.9. The van der Waals surface area contributed by atoms with Crippen molar-refractivity contribution < 1.29 is 217 Å². The van der Waals surface area contributed by atoms with Gasteiger partial charge in [0, 0.05) is 27.7 Å². The zero-order valence-corrected chi connectivity index (χ0v) is 58.9. The van der Waals surface area contributed by atoms with E-state index in [9.17, 15) is 137 Å². The molecule has 0 aliphatic carbocycles. The Balaban J connectivity index is 1.07. The number of carbonyl (C=O) groups excluding carboxylic acids is 4. The summed E-state index contributed by atoms with van der Waals surface area (Å²) in [7, 11) is 0. The fourth-order valence-electron chi connectivity index (χ4n) is 14.1. The maximum atomic E-state index is 13.3. The molecule has 0 unspecified atom stereocenters. The minimum absolute atomic E-state index is 0.793. The topological polar surface area (TPSA) is 739 Å². The van der Waals surface area contributed by atoms with E-state index in [0.717, 1.165) is 27.7 Å². The highest BCUT2D eigenvalue weighted by atomic mass is 16.8. The van der Waals surface area contributed by atoms with Crippen LogP contribution in [0.25, 0.3) is 0 Å². The van der Waals surface area contributed by atoms with Crippen molar-refractivity contribution in [3.05, 3.63) is 0 Å². The maximum Gasteiger partial charge on any atom is 0.217 e. The molecule has 27 N–H and O–H groups in total. The molecular weight excluding hydrogens is 1490 g/mol. The number of aliphatic hydroxyl groups excluding tert-OH is 23. The molecule has 109 heavy (non-hydrogen) atoms. The van der Waals surface area contributed by atoms with E-state index in [-0.39, 0.29) is 0 Å². The summed E-state index contributed by atoms with van der Waals surface area (Å²) in [6.45, 7) is -3.25. The van der Waals surface area contributed by atoms with E-state index in [1.807, 2.05) is 0 Å². The molecule has 0 aromatic carbocycles. The first-order valence-corrected chi connectivity index (χ1v) is 34.9. The Kier molecular flexibility index (Phi) is 31.8. The Bertz CT molecular complexity index is 2890.